The summed E-state index contributed by atoms with van der Waals surface area (Å²) in [7, 11) is 0. The lowest BCUT2D eigenvalue weighted by Crippen LogP contribution is -2.43. The van der Waals surface area contributed by atoms with Crippen LogP contribution in [0.25, 0.3) is 6.08 Å². The topological polar surface area (TPSA) is 67.4 Å². The van der Waals surface area contributed by atoms with Crippen molar-refractivity contribution in [2.45, 2.75) is 13.8 Å². The summed E-state index contributed by atoms with van der Waals surface area (Å²) < 4.78 is 5.34. The zero-order chi connectivity index (χ0) is 17.4. The Kier molecular flexibility index (Phi) is 6.14. The molecule has 0 aliphatic carbocycles. The summed E-state index contributed by atoms with van der Waals surface area (Å²) in [5.41, 5.74) is 7.71. The molecule has 2 amide bonds. The van der Waals surface area contributed by atoms with E-state index in [4.69, 9.17) is 4.74 Å². The van der Waals surface area contributed by atoms with Crippen LogP contribution in [0, 0.1) is 13.8 Å². The second kappa shape index (κ2) is 8.53. The number of ether oxygens (including phenoxy) is 1. The largest absolute Gasteiger partial charge is 0.484 e. The maximum Gasteiger partial charge on any atom is 0.276 e. The minimum absolute atomic E-state index is 0.175. The van der Waals surface area contributed by atoms with E-state index in [0.717, 1.165) is 16.7 Å². The average Bonchev–Trinajstić information content (AvgIpc) is 2.57. The molecule has 2 aromatic rings. The predicted molar refractivity (Wildman–Crippen MR) is 93.2 cm³/mol. The smallest absolute Gasteiger partial charge is 0.276 e. The Balaban J connectivity index is 1.72. The third-order valence-electron chi connectivity index (χ3n) is 3.19. The Hall–Kier alpha value is -3.08. The molecule has 0 aliphatic rings. The van der Waals surface area contributed by atoms with E-state index < -0.39 is 11.8 Å². The van der Waals surface area contributed by atoms with Crippen LogP contribution in [0.15, 0.2) is 54.6 Å². The van der Waals surface area contributed by atoms with Gasteiger partial charge in [-0.15, -0.1) is 0 Å². The number of amides is 2. The van der Waals surface area contributed by atoms with Crippen LogP contribution in [0.1, 0.15) is 16.7 Å². The van der Waals surface area contributed by atoms with E-state index >= 15 is 0 Å². The maximum atomic E-state index is 11.7. The molecule has 2 rings (SSSR count). The summed E-state index contributed by atoms with van der Waals surface area (Å²) in [6.07, 6.45) is 3.02. The Morgan fingerprint density at radius 3 is 2.46 bits per heavy atom. The number of benzene rings is 2. The van der Waals surface area contributed by atoms with E-state index in [2.05, 4.69) is 10.9 Å². The van der Waals surface area contributed by atoms with Crippen molar-refractivity contribution in [3.63, 3.8) is 0 Å². The molecule has 5 nitrogen and oxygen atoms in total. The molecule has 0 fully saturated rings. The quantitative estimate of drug-likeness (QED) is 0.656. The average molecular weight is 324 g/mol. The van der Waals surface area contributed by atoms with Gasteiger partial charge in [0.2, 0.25) is 0 Å². The van der Waals surface area contributed by atoms with Crippen molar-refractivity contribution in [2.75, 3.05) is 6.61 Å². The lowest BCUT2D eigenvalue weighted by Gasteiger charge is -2.08. The van der Waals surface area contributed by atoms with Gasteiger partial charge in [-0.25, -0.2) is 0 Å². The summed E-state index contributed by atoms with van der Waals surface area (Å²) in [5.74, 6) is -0.246. The molecule has 0 atom stereocenters. The third-order valence-corrected chi connectivity index (χ3v) is 3.19. The van der Waals surface area contributed by atoms with Crippen LogP contribution in [-0.2, 0) is 9.59 Å². The summed E-state index contributed by atoms with van der Waals surface area (Å²) >= 11 is 0. The van der Waals surface area contributed by atoms with Gasteiger partial charge in [-0.1, -0.05) is 42.0 Å². The van der Waals surface area contributed by atoms with E-state index in [1.54, 1.807) is 12.1 Å². The summed E-state index contributed by atoms with van der Waals surface area (Å²) in [4.78, 5) is 23.3. The normalized spacial score (nSPS) is 10.4. The number of hydrogen-bond acceptors (Lipinski definition) is 3. The summed E-state index contributed by atoms with van der Waals surface area (Å²) in [6, 6.07) is 15.1. The fourth-order valence-corrected chi connectivity index (χ4v) is 1.91. The van der Waals surface area contributed by atoms with Gasteiger partial charge in [-0.3, -0.25) is 20.4 Å². The molecule has 0 aromatic heterocycles. The molecule has 0 saturated carbocycles. The monoisotopic (exact) mass is 324 g/mol. The van der Waals surface area contributed by atoms with Gasteiger partial charge < -0.3 is 4.74 Å². The predicted octanol–water partition coefficient (Wildman–Crippen LogP) is 2.54. The van der Waals surface area contributed by atoms with Crippen molar-refractivity contribution in [1.82, 2.24) is 10.9 Å². The number of nitrogens with one attached hydrogen (secondary N) is 2. The van der Waals surface area contributed by atoms with Gasteiger partial charge in [0.25, 0.3) is 11.8 Å². The highest BCUT2D eigenvalue weighted by Crippen LogP contribution is 2.11. The maximum absolute atomic E-state index is 11.7. The van der Waals surface area contributed by atoms with Gasteiger partial charge in [0.15, 0.2) is 6.61 Å². The first-order valence-corrected chi connectivity index (χ1v) is 7.56. The standard InChI is InChI=1S/C19H20N2O3/c1-14-6-8-16(9-7-14)10-11-18(22)20-21-19(23)13-24-17-5-3-4-15(2)12-17/h3-12H,13H2,1-2H3,(H,20,22)(H,21,23). The van der Waals surface area contributed by atoms with Crippen LogP contribution in [-0.4, -0.2) is 18.4 Å². The molecule has 2 N–H and O–H groups in total. The van der Waals surface area contributed by atoms with Crippen LogP contribution in [0.4, 0.5) is 0 Å². The summed E-state index contributed by atoms with van der Waals surface area (Å²) in [6.45, 7) is 3.76. The Bertz CT molecular complexity index is 737. The second-order valence-electron chi connectivity index (χ2n) is 5.39. The van der Waals surface area contributed by atoms with Crippen molar-refractivity contribution in [3.8, 4) is 5.75 Å². The third kappa shape index (κ3) is 5.96. The number of hydrogen-bond donors (Lipinski definition) is 2. The van der Waals surface area contributed by atoms with Gasteiger partial charge in [-0.2, -0.15) is 0 Å². The van der Waals surface area contributed by atoms with E-state index in [0.29, 0.717) is 5.75 Å². The number of aryl methyl sites for hydroxylation is 2. The van der Waals surface area contributed by atoms with Crippen LogP contribution >= 0.6 is 0 Å². The molecule has 0 aliphatic heterocycles. The lowest BCUT2D eigenvalue weighted by molar-refractivity contribution is -0.128. The van der Waals surface area contributed by atoms with E-state index in [1.165, 1.54) is 6.08 Å². The first-order chi connectivity index (χ1) is 11.5. The molecular formula is C19H20N2O3. The first-order valence-electron chi connectivity index (χ1n) is 7.56. The Morgan fingerprint density at radius 1 is 1.00 bits per heavy atom. The zero-order valence-electron chi connectivity index (χ0n) is 13.7. The van der Waals surface area contributed by atoms with Gasteiger partial charge in [0.1, 0.15) is 5.75 Å². The molecule has 0 saturated heterocycles. The fourth-order valence-electron chi connectivity index (χ4n) is 1.91. The molecule has 2 aromatic carbocycles. The highest BCUT2D eigenvalue weighted by molar-refractivity contribution is 5.93. The van der Waals surface area contributed by atoms with Crippen LogP contribution in [0.3, 0.4) is 0 Å². The fraction of sp³-hybridized carbons (Fsp3) is 0.158. The van der Waals surface area contributed by atoms with E-state index in [-0.39, 0.29) is 6.61 Å². The summed E-state index contributed by atoms with van der Waals surface area (Å²) in [5, 5.41) is 0. The van der Waals surface area contributed by atoms with Gasteiger partial charge in [-0.05, 0) is 43.2 Å². The zero-order valence-corrected chi connectivity index (χ0v) is 13.7. The van der Waals surface area contributed by atoms with Crippen LogP contribution in [0.5, 0.6) is 5.75 Å². The molecule has 5 heteroatoms. The lowest BCUT2D eigenvalue weighted by atomic mass is 10.1. The molecule has 0 bridgehead atoms. The van der Waals surface area contributed by atoms with Crippen molar-refractivity contribution in [2.24, 2.45) is 0 Å². The first kappa shape index (κ1) is 17.3. The van der Waals surface area contributed by atoms with E-state index in [1.807, 2.05) is 56.3 Å². The molecule has 0 unspecified atom stereocenters. The highest BCUT2D eigenvalue weighted by atomic mass is 16.5. The van der Waals surface area contributed by atoms with Gasteiger partial charge >= 0.3 is 0 Å². The molecule has 0 spiro atoms. The second-order valence-corrected chi connectivity index (χ2v) is 5.39. The van der Waals surface area contributed by atoms with Crippen molar-refractivity contribution in [3.05, 3.63) is 71.3 Å². The number of hydrazine groups is 1. The van der Waals surface area contributed by atoms with Gasteiger partial charge in [0.05, 0.1) is 0 Å². The Morgan fingerprint density at radius 2 is 1.75 bits per heavy atom. The van der Waals surface area contributed by atoms with Crippen LogP contribution < -0.4 is 15.6 Å². The molecule has 0 radical (unpaired) electrons. The van der Waals surface area contributed by atoms with Crippen molar-refractivity contribution < 1.29 is 14.3 Å². The molecule has 24 heavy (non-hydrogen) atoms. The Labute approximate surface area is 141 Å². The van der Waals surface area contributed by atoms with Gasteiger partial charge in [0, 0.05) is 6.08 Å². The van der Waals surface area contributed by atoms with E-state index in [9.17, 15) is 9.59 Å². The molecule has 124 valence electrons. The highest BCUT2D eigenvalue weighted by Gasteiger charge is 2.04. The van der Waals surface area contributed by atoms with Crippen molar-refractivity contribution >= 4 is 17.9 Å². The SMILES string of the molecule is Cc1ccc(C=CC(=O)NNC(=O)COc2cccc(C)c2)cc1. The number of carbonyl (C=O) groups is 2. The minimum Gasteiger partial charge on any atom is -0.484 e. The minimum atomic E-state index is -0.436. The van der Waals surface area contributed by atoms with Crippen molar-refractivity contribution in [1.29, 1.82) is 0 Å². The van der Waals surface area contributed by atoms with Crippen LogP contribution in [0.2, 0.25) is 0 Å². The number of carbonyl (C=O) groups excluding carboxylic acids is 2. The number of rotatable bonds is 5. The molecular weight excluding hydrogens is 304 g/mol. The molecule has 0 heterocycles.